The third kappa shape index (κ3) is 8.60. The van der Waals surface area contributed by atoms with Gasteiger partial charge in [0.2, 0.25) is 0 Å². The number of hydrogen-bond acceptors (Lipinski definition) is 1. The first kappa shape index (κ1) is 17.5. The SMILES string of the molecule is [CH2]CCCCCCCCC(O)CCc1ccc(Cl)cc1. The summed E-state index contributed by atoms with van der Waals surface area (Å²) in [5, 5.41) is 10.7. The van der Waals surface area contributed by atoms with Crippen LogP contribution in [0, 0.1) is 6.92 Å². The van der Waals surface area contributed by atoms with Crippen LogP contribution in [0.3, 0.4) is 0 Å². The molecule has 0 aliphatic rings. The van der Waals surface area contributed by atoms with E-state index in [4.69, 9.17) is 11.6 Å². The van der Waals surface area contributed by atoms with E-state index in [2.05, 4.69) is 6.92 Å². The fourth-order valence-electron chi connectivity index (χ4n) is 2.39. The lowest BCUT2D eigenvalue weighted by Gasteiger charge is -2.10. The van der Waals surface area contributed by atoms with Crippen LogP contribution >= 0.6 is 11.6 Å². The highest BCUT2D eigenvalue weighted by atomic mass is 35.5. The second kappa shape index (κ2) is 11.2. The number of halogens is 1. The Morgan fingerprint density at radius 2 is 1.50 bits per heavy atom. The van der Waals surface area contributed by atoms with Gasteiger partial charge in [-0.2, -0.15) is 0 Å². The van der Waals surface area contributed by atoms with E-state index in [-0.39, 0.29) is 6.10 Å². The molecule has 1 radical (unpaired) electrons. The summed E-state index contributed by atoms with van der Waals surface area (Å²) in [5.74, 6) is 0. The largest absolute Gasteiger partial charge is 0.393 e. The fraction of sp³-hybridized carbons (Fsp3) is 0.611. The Morgan fingerprint density at radius 1 is 0.900 bits per heavy atom. The van der Waals surface area contributed by atoms with Gasteiger partial charge in [-0.05, 0) is 37.0 Å². The molecular formula is C18H28ClO. The average Bonchev–Trinajstić information content (AvgIpc) is 2.46. The fourth-order valence-corrected chi connectivity index (χ4v) is 2.52. The van der Waals surface area contributed by atoms with E-state index < -0.39 is 0 Å². The van der Waals surface area contributed by atoms with Gasteiger partial charge in [0, 0.05) is 5.02 Å². The van der Waals surface area contributed by atoms with Crippen molar-refractivity contribution in [1.82, 2.24) is 0 Å². The molecule has 1 N–H and O–H groups in total. The van der Waals surface area contributed by atoms with Gasteiger partial charge < -0.3 is 5.11 Å². The monoisotopic (exact) mass is 295 g/mol. The zero-order valence-electron chi connectivity index (χ0n) is 12.5. The highest BCUT2D eigenvalue weighted by molar-refractivity contribution is 6.30. The van der Waals surface area contributed by atoms with E-state index in [0.29, 0.717) is 0 Å². The summed E-state index contributed by atoms with van der Waals surface area (Å²) >= 11 is 5.85. The molecule has 2 heteroatoms. The lowest BCUT2D eigenvalue weighted by molar-refractivity contribution is 0.151. The molecule has 1 unspecified atom stereocenters. The number of unbranched alkanes of at least 4 members (excludes halogenated alkanes) is 6. The molecule has 0 saturated carbocycles. The number of rotatable bonds is 11. The van der Waals surface area contributed by atoms with Crippen LogP contribution in [0.15, 0.2) is 24.3 Å². The van der Waals surface area contributed by atoms with Crippen LogP contribution in [0.4, 0.5) is 0 Å². The second-order valence-electron chi connectivity index (χ2n) is 5.58. The predicted octanol–water partition coefficient (Wildman–Crippen LogP) is 5.59. The van der Waals surface area contributed by atoms with E-state index in [1.54, 1.807) is 0 Å². The Morgan fingerprint density at radius 3 is 2.15 bits per heavy atom. The third-order valence-electron chi connectivity index (χ3n) is 3.72. The predicted molar refractivity (Wildman–Crippen MR) is 88.1 cm³/mol. The second-order valence-corrected chi connectivity index (χ2v) is 6.02. The number of aryl methyl sites for hydroxylation is 1. The van der Waals surface area contributed by atoms with Gasteiger partial charge >= 0.3 is 0 Å². The van der Waals surface area contributed by atoms with Gasteiger partial charge in [0.05, 0.1) is 6.10 Å². The minimum Gasteiger partial charge on any atom is -0.393 e. The number of aliphatic hydroxyl groups is 1. The van der Waals surface area contributed by atoms with Gasteiger partial charge in [0.15, 0.2) is 0 Å². The minimum absolute atomic E-state index is 0.162. The molecule has 1 aromatic rings. The molecular weight excluding hydrogens is 268 g/mol. The summed E-state index contributed by atoms with van der Waals surface area (Å²) in [6, 6.07) is 7.90. The molecule has 0 fully saturated rings. The van der Waals surface area contributed by atoms with Crippen LogP contribution < -0.4 is 0 Å². The molecule has 1 atom stereocenters. The molecule has 0 amide bonds. The van der Waals surface area contributed by atoms with E-state index in [1.807, 2.05) is 24.3 Å². The quantitative estimate of drug-likeness (QED) is 0.528. The first-order chi connectivity index (χ1) is 9.72. The number of aliphatic hydroxyl groups excluding tert-OH is 1. The van der Waals surface area contributed by atoms with Crippen molar-refractivity contribution >= 4 is 11.6 Å². The lowest BCUT2D eigenvalue weighted by atomic mass is 10.0. The lowest BCUT2D eigenvalue weighted by Crippen LogP contribution is -2.07. The van der Waals surface area contributed by atoms with Crippen LogP contribution in [0.5, 0.6) is 0 Å². The van der Waals surface area contributed by atoms with Crippen LogP contribution in [0.2, 0.25) is 5.02 Å². The van der Waals surface area contributed by atoms with Crippen molar-refractivity contribution in [1.29, 1.82) is 0 Å². The highest BCUT2D eigenvalue weighted by Crippen LogP contribution is 2.14. The van der Waals surface area contributed by atoms with Crippen molar-refractivity contribution in [3.8, 4) is 0 Å². The smallest absolute Gasteiger partial charge is 0.0543 e. The van der Waals surface area contributed by atoms with Gasteiger partial charge in [0.1, 0.15) is 0 Å². The molecule has 0 aliphatic heterocycles. The Labute approximate surface area is 129 Å². The van der Waals surface area contributed by atoms with Crippen LogP contribution in [0.1, 0.15) is 63.4 Å². The van der Waals surface area contributed by atoms with Crippen molar-refractivity contribution in [3.05, 3.63) is 41.8 Å². The van der Waals surface area contributed by atoms with Gasteiger partial charge in [-0.1, -0.05) is 75.6 Å². The number of hydrogen-bond donors (Lipinski definition) is 1. The highest BCUT2D eigenvalue weighted by Gasteiger charge is 2.04. The van der Waals surface area contributed by atoms with Crippen molar-refractivity contribution < 1.29 is 5.11 Å². The molecule has 0 saturated heterocycles. The van der Waals surface area contributed by atoms with E-state index in [0.717, 1.165) is 37.1 Å². The third-order valence-corrected chi connectivity index (χ3v) is 3.97. The molecule has 20 heavy (non-hydrogen) atoms. The van der Waals surface area contributed by atoms with E-state index >= 15 is 0 Å². The summed E-state index contributed by atoms with van der Waals surface area (Å²) in [6.45, 7) is 3.85. The summed E-state index contributed by atoms with van der Waals surface area (Å²) in [6.07, 6.45) is 11.2. The van der Waals surface area contributed by atoms with E-state index in [9.17, 15) is 5.11 Å². The summed E-state index contributed by atoms with van der Waals surface area (Å²) in [4.78, 5) is 0. The molecule has 113 valence electrons. The normalized spacial score (nSPS) is 12.6. The molecule has 0 bridgehead atoms. The van der Waals surface area contributed by atoms with Crippen LogP contribution in [-0.4, -0.2) is 11.2 Å². The topological polar surface area (TPSA) is 20.2 Å². The zero-order chi connectivity index (χ0) is 14.6. The molecule has 1 rings (SSSR count). The Bertz CT molecular complexity index is 334. The maximum absolute atomic E-state index is 9.97. The Hall–Kier alpha value is -0.530. The van der Waals surface area contributed by atoms with Gasteiger partial charge in [-0.15, -0.1) is 0 Å². The Kier molecular flexibility index (Phi) is 9.78. The van der Waals surface area contributed by atoms with Crippen molar-refractivity contribution in [2.75, 3.05) is 0 Å². The summed E-state index contributed by atoms with van der Waals surface area (Å²) in [5.41, 5.74) is 1.25. The minimum atomic E-state index is -0.162. The Balaban J connectivity index is 2.00. The van der Waals surface area contributed by atoms with Crippen LogP contribution in [-0.2, 0) is 6.42 Å². The van der Waals surface area contributed by atoms with Crippen molar-refractivity contribution in [2.45, 2.75) is 70.3 Å². The van der Waals surface area contributed by atoms with Gasteiger partial charge in [0.25, 0.3) is 0 Å². The molecule has 1 aromatic carbocycles. The first-order valence-electron chi connectivity index (χ1n) is 7.94. The molecule has 0 aliphatic carbocycles. The van der Waals surface area contributed by atoms with Gasteiger partial charge in [-0.3, -0.25) is 0 Å². The summed E-state index contributed by atoms with van der Waals surface area (Å²) < 4.78 is 0. The molecule has 0 heterocycles. The standard InChI is InChI=1S/C18H28ClO/c1-2-3-4-5-6-7-8-9-18(20)15-12-16-10-13-17(19)14-11-16/h10-11,13-14,18,20H,1-9,12,15H2. The van der Waals surface area contributed by atoms with Crippen LogP contribution in [0.25, 0.3) is 0 Å². The maximum Gasteiger partial charge on any atom is 0.0543 e. The van der Waals surface area contributed by atoms with Crippen molar-refractivity contribution in [2.24, 2.45) is 0 Å². The van der Waals surface area contributed by atoms with Crippen molar-refractivity contribution in [3.63, 3.8) is 0 Å². The summed E-state index contributed by atoms with van der Waals surface area (Å²) in [7, 11) is 0. The average molecular weight is 296 g/mol. The molecule has 0 aromatic heterocycles. The first-order valence-corrected chi connectivity index (χ1v) is 8.32. The zero-order valence-corrected chi connectivity index (χ0v) is 13.2. The van der Waals surface area contributed by atoms with Gasteiger partial charge in [-0.25, -0.2) is 0 Å². The maximum atomic E-state index is 9.97. The number of benzene rings is 1. The van der Waals surface area contributed by atoms with E-state index in [1.165, 1.54) is 37.7 Å². The molecule has 0 spiro atoms. The molecule has 1 nitrogen and oxygen atoms in total.